The van der Waals surface area contributed by atoms with Gasteiger partial charge in [0.25, 0.3) is 0 Å². The third-order valence-corrected chi connectivity index (χ3v) is 3.26. The lowest BCUT2D eigenvalue weighted by molar-refractivity contribution is 0.622. The molecule has 1 nitrogen and oxygen atoms in total. The number of anilines is 1. The van der Waals surface area contributed by atoms with Crippen molar-refractivity contribution in [2.45, 2.75) is 18.2 Å². The van der Waals surface area contributed by atoms with Gasteiger partial charge in [-0.05, 0) is 30.5 Å². The van der Waals surface area contributed by atoms with Crippen molar-refractivity contribution in [3.63, 3.8) is 0 Å². The molecule has 76 valence electrons. The van der Waals surface area contributed by atoms with Crippen molar-refractivity contribution in [3.8, 4) is 0 Å². The fraction of sp³-hybridized carbons (Fsp3) is 0.455. The van der Waals surface area contributed by atoms with E-state index in [2.05, 4.69) is 20.8 Å². The molecule has 1 aliphatic heterocycles. The van der Waals surface area contributed by atoms with Crippen molar-refractivity contribution in [3.05, 3.63) is 29.6 Å². The van der Waals surface area contributed by atoms with Crippen molar-refractivity contribution < 1.29 is 4.39 Å². The Bertz CT molecular complexity index is 321. The van der Waals surface area contributed by atoms with Gasteiger partial charge in [0.2, 0.25) is 0 Å². The van der Waals surface area contributed by atoms with E-state index < -0.39 is 0 Å². The van der Waals surface area contributed by atoms with Crippen molar-refractivity contribution in [2.24, 2.45) is 0 Å². The molecule has 0 radical (unpaired) electrons. The van der Waals surface area contributed by atoms with Crippen LogP contribution in [0.1, 0.15) is 18.4 Å². The quantitative estimate of drug-likeness (QED) is 0.735. The van der Waals surface area contributed by atoms with Crippen LogP contribution in [0.15, 0.2) is 18.2 Å². The van der Waals surface area contributed by atoms with Crippen LogP contribution in [0, 0.1) is 5.82 Å². The molecule has 1 aliphatic rings. The van der Waals surface area contributed by atoms with Crippen molar-refractivity contribution in [1.29, 1.82) is 0 Å². The van der Waals surface area contributed by atoms with E-state index in [1.165, 1.54) is 12.8 Å². The Kier molecular flexibility index (Phi) is 3.06. The molecule has 0 N–H and O–H groups in total. The van der Waals surface area contributed by atoms with E-state index in [0.29, 0.717) is 5.33 Å². The lowest BCUT2D eigenvalue weighted by atomic mass is 10.2. The Morgan fingerprint density at radius 2 is 2.00 bits per heavy atom. The van der Waals surface area contributed by atoms with Gasteiger partial charge >= 0.3 is 0 Å². The van der Waals surface area contributed by atoms with Gasteiger partial charge in [-0.2, -0.15) is 0 Å². The molecule has 0 spiro atoms. The summed E-state index contributed by atoms with van der Waals surface area (Å²) in [5, 5.41) is 0.712. The molecule has 2 rings (SSSR count). The fourth-order valence-electron chi connectivity index (χ4n) is 1.85. The van der Waals surface area contributed by atoms with Gasteiger partial charge in [0.05, 0.1) is 5.69 Å². The summed E-state index contributed by atoms with van der Waals surface area (Å²) in [5.74, 6) is -0.0937. The molecule has 1 aromatic carbocycles. The number of hydrogen-bond donors (Lipinski definition) is 0. The monoisotopic (exact) mass is 257 g/mol. The molecule has 1 fully saturated rings. The molecule has 0 bridgehead atoms. The Morgan fingerprint density at radius 3 is 2.57 bits per heavy atom. The standard InChI is InChI=1S/C11H13BrFN/c12-8-9-3-4-11(10(13)7-9)14-5-1-2-6-14/h3-4,7H,1-2,5-6,8H2. The molecule has 14 heavy (non-hydrogen) atoms. The van der Waals surface area contributed by atoms with E-state index in [1.807, 2.05) is 12.1 Å². The zero-order chi connectivity index (χ0) is 9.97. The van der Waals surface area contributed by atoms with Gasteiger partial charge in [0.1, 0.15) is 5.82 Å². The minimum Gasteiger partial charge on any atom is -0.369 e. The Hall–Kier alpha value is -0.570. The second-order valence-corrected chi connectivity index (χ2v) is 4.17. The van der Waals surface area contributed by atoms with Gasteiger partial charge < -0.3 is 4.90 Å². The maximum atomic E-state index is 13.6. The first-order valence-corrected chi connectivity index (χ1v) is 6.03. The van der Waals surface area contributed by atoms with E-state index >= 15 is 0 Å². The van der Waals surface area contributed by atoms with Crippen LogP contribution in [0.25, 0.3) is 0 Å². The van der Waals surface area contributed by atoms with Crippen LogP contribution in [0.3, 0.4) is 0 Å². The highest BCUT2D eigenvalue weighted by atomic mass is 79.9. The maximum absolute atomic E-state index is 13.6. The Balaban J connectivity index is 2.25. The SMILES string of the molecule is Fc1cc(CBr)ccc1N1CCCC1. The molecule has 0 saturated carbocycles. The Morgan fingerprint density at radius 1 is 1.29 bits per heavy atom. The lowest BCUT2D eigenvalue weighted by Crippen LogP contribution is -2.18. The highest BCUT2D eigenvalue weighted by molar-refractivity contribution is 9.08. The molecule has 3 heteroatoms. The van der Waals surface area contributed by atoms with E-state index in [9.17, 15) is 4.39 Å². The first kappa shape index (κ1) is 9.97. The van der Waals surface area contributed by atoms with Crippen LogP contribution in [0.4, 0.5) is 10.1 Å². The van der Waals surface area contributed by atoms with Gasteiger partial charge in [0, 0.05) is 18.4 Å². The highest BCUT2D eigenvalue weighted by Gasteiger charge is 2.15. The predicted octanol–water partition coefficient (Wildman–Crippen LogP) is 3.32. The highest BCUT2D eigenvalue weighted by Crippen LogP contribution is 2.24. The van der Waals surface area contributed by atoms with E-state index in [-0.39, 0.29) is 5.82 Å². The van der Waals surface area contributed by atoms with Crippen molar-refractivity contribution >= 4 is 21.6 Å². The molecule has 1 heterocycles. The van der Waals surface area contributed by atoms with Crippen molar-refractivity contribution in [2.75, 3.05) is 18.0 Å². The first-order valence-electron chi connectivity index (χ1n) is 4.90. The van der Waals surface area contributed by atoms with Gasteiger partial charge in [-0.25, -0.2) is 4.39 Å². The summed E-state index contributed by atoms with van der Waals surface area (Å²) < 4.78 is 13.6. The average Bonchev–Trinajstić information content (AvgIpc) is 2.70. The third-order valence-electron chi connectivity index (χ3n) is 2.61. The normalized spacial score (nSPS) is 16.3. The zero-order valence-corrected chi connectivity index (χ0v) is 9.56. The minimum atomic E-state index is -0.0937. The summed E-state index contributed by atoms with van der Waals surface area (Å²) in [6, 6.07) is 5.48. The first-order chi connectivity index (χ1) is 6.81. The predicted molar refractivity (Wildman–Crippen MR) is 60.5 cm³/mol. The average molecular weight is 258 g/mol. The summed E-state index contributed by atoms with van der Waals surface area (Å²) in [5.41, 5.74) is 1.75. The van der Waals surface area contributed by atoms with E-state index in [1.54, 1.807) is 6.07 Å². The van der Waals surface area contributed by atoms with Crippen LogP contribution in [0.2, 0.25) is 0 Å². The molecular formula is C11H13BrFN. The molecule has 0 amide bonds. The fourth-order valence-corrected chi connectivity index (χ4v) is 2.20. The number of benzene rings is 1. The van der Waals surface area contributed by atoms with Crippen LogP contribution in [-0.4, -0.2) is 13.1 Å². The van der Waals surface area contributed by atoms with Crippen LogP contribution >= 0.6 is 15.9 Å². The number of hydrogen-bond acceptors (Lipinski definition) is 1. The number of rotatable bonds is 2. The number of halogens is 2. The van der Waals surface area contributed by atoms with Crippen LogP contribution < -0.4 is 4.90 Å². The lowest BCUT2D eigenvalue weighted by Gasteiger charge is -2.18. The second-order valence-electron chi connectivity index (χ2n) is 3.61. The molecule has 0 unspecified atom stereocenters. The van der Waals surface area contributed by atoms with Gasteiger partial charge in [-0.15, -0.1) is 0 Å². The van der Waals surface area contributed by atoms with Crippen LogP contribution in [-0.2, 0) is 5.33 Å². The van der Waals surface area contributed by atoms with Gasteiger partial charge in [0.15, 0.2) is 0 Å². The van der Waals surface area contributed by atoms with Crippen LogP contribution in [0.5, 0.6) is 0 Å². The van der Waals surface area contributed by atoms with Gasteiger partial charge in [-0.1, -0.05) is 22.0 Å². The smallest absolute Gasteiger partial charge is 0.146 e. The number of alkyl halides is 1. The second kappa shape index (κ2) is 4.30. The zero-order valence-electron chi connectivity index (χ0n) is 7.97. The molecule has 0 aromatic heterocycles. The Labute approximate surface area is 92.0 Å². The summed E-state index contributed by atoms with van der Waals surface area (Å²) in [7, 11) is 0. The molecule has 1 saturated heterocycles. The van der Waals surface area contributed by atoms with Gasteiger partial charge in [-0.3, -0.25) is 0 Å². The minimum absolute atomic E-state index is 0.0937. The molecule has 1 aromatic rings. The summed E-state index contributed by atoms with van der Waals surface area (Å²) in [6.45, 7) is 1.98. The van der Waals surface area contributed by atoms with Crippen molar-refractivity contribution in [1.82, 2.24) is 0 Å². The summed E-state index contributed by atoms with van der Waals surface area (Å²) in [4.78, 5) is 2.12. The third kappa shape index (κ3) is 1.92. The molecular weight excluding hydrogens is 245 g/mol. The molecule has 0 aliphatic carbocycles. The maximum Gasteiger partial charge on any atom is 0.146 e. The largest absolute Gasteiger partial charge is 0.369 e. The van der Waals surface area contributed by atoms with E-state index in [4.69, 9.17) is 0 Å². The summed E-state index contributed by atoms with van der Waals surface area (Å²) in [6.07, 6.45) is 2.36. The topological polar surface area (TPSA) is 3.24 Å². The molecule has 0 atom stereocenters. The number of nitrogens with zero attached hydrogens (tertiary/aromatic N) is 1. The van der Waals surface area contributed by atoms with E-state index in [0.717, 1.165) is 24.3 Å². The summed E-state index contributed by atoms with van der Waals surface area (Å²) >= 11 is 3.32.